The predicted molar refractivity (Wildman–Crippen MR) is 111 cm³/mol. The summed E-state index contributed by atoms with van der Waals surface area (Å²) in [6.07, 6.45) is 1.61. The number of hydrogen-bond acceptors (Lipinski definition) is 5. The molecule has 0 radical (unpaired) electrons. The smallest absolute Gasteiger partial charge is 0.274 e. The van der Waals surface area contributed by atoms with Crippen molar-refractivity contribution in [2.45, 2.75) is 26.4 Å². The second-order valence-corrected chi connectivity index (χ2v) is 6.64. The minimum atomic E-state index is -0.291. The molecule has 0 aliphatic rings. The molecule has 0 fully saturated rings. The van der Waals surface area contributed by atoms with Gasteiger partial charge in [0.1, 0.15) is 11.4 Å². The Kier molecular flexibility index (Phi) is 6.22. The molecular formula is C22H24N4O2. The number of rotatable bonds is 7. The Bertz CT molecular complexity index is 929. The van der Waals surface area contributed by atoms with E-state index in [0.717, 1.165) is 5.56 Å². The van der Waals surface area contributed by atoms with Gasteiger partial charge in [-0.3, -0.25) is 4.79 Å². The highest BCUT2D eigenvalue weighted by molar-refractivity contribution is 6.03. The lowest BCUT2D eigenvalue weighted by atomic mass is 10.2. The van der Waals surface area contributed by atoms with Crippen LogP contribution in [-0.2, 0) is 6.54 Å². The van der Waals surface area contributed by atoms with E-state index < -0.39 is 0 Å². The first kappa shape index (κ1) is 19.4. The van der Waals surface area contributed by atoms with Crippen molar-refractivity contribution in [1.82, 2.24) is 9.97 Å². The van der Waals surface area contributed by atoms with E-state index in [-0.39, 0.29) is 11.9 Å². The largest absolute Gasteiger partial charge is 0.497 e. The fourth-order valence-electron chi connectivity index (χ4n) is 2.77. The molecule has 0 aliphatic carbocycles. The standard InChI is InChI=1S/C22H24N4O2/c1-16(2)26(15-17-8-5-4-6-9-17)22-23-13-12-20(25-22)21(27)24-18-10-7-11-19(14-18)28-3/h4-14,16H,15H2,1-3H3,(H,24,27). The minimum absolute atomic E-state index is 0.178. The van der Waals surface area contributed by atoms with Crippen molar-refractivity contribution in [1.29, 1.82) is 0 Å². The van der Waals surface area contributed by atoms with Gasteiger partial charge in [0.25, 0.3) is 5.91 Å². The number of aromatic nitrogens is 2. The minimum Gasteiger partial charge on any atom is -0.497 e. The first-order valence-corrected chi connectivity index (χ1v) is 9.16. The third-order valence-electron chi connectivity index (χ3n) is 4.28. The van der Waals surface area contributed by atoms with E-state index in [2.05, 4.69) is 46.2 Å². The van der Waals surface area contributed by atoms with Crippen molar-refractivity contribution in [3.05, 3.63) is 78.1 Å². The van der Waals surface area contributed by atoms with E-state index >= 15 is 0 Å². The summed E-state index contributed by atoms with van der Waals surface area (Å²) < 4.78 is 5.19. The summed E-state index contributed by atoms with van der Waals surface area (Å²) in [4.78, 5) is 23.6. The van der Waals surface area contributed by atoms with E-state index in [1.165, 1.54) is 0 Å². The van der Waals surface area contributed by atoms with Crippen LogP contribution in [0.2, 0.25) is 0 Å². The van der Waals surface area contributed by atoms with Gasteiger partial charge in [-0.15, -0.1) is 0 Å². The molecule has 1 aromatic heterocycles. The molecule has 1 amide bonds. The number of carbonyl (C=O) groups excluding carboxylic acids is 1. The Morgan fingerprint density at radius 1 is 1.11 bits per heavy atom. The second kappa shape index (κ2) is 8.99. The number of methoxy groups -OCH3 is 1. The van der Waals surface area contributed by atoms with Crippen LogP contribution in [0.1, 0.15) is 29.9 Å². The van der Waals surface area contributed by atoms with Crippen LogP contribution in [0.4, 0.5) is 11.6 Å². The molecule has 1 N–H and O–H groups in total. The maximum absolute atomic E-state index is 12.7. The lowest BCUT2D eigenvalue weighted by Gasteiger charge is -2.27. The topological polar surface area (TPSA) is 67.3 Å². The molecule has 0 aliphatic heterocycles. The third-order valence-corrected chi connectivity index (χ3v) is 4.28. The van der Waals surface area contributed by atoms with Gasteiger partial charge in [-0.25, -0.2) is 9.97 Å². The van der Waals surface area contributed by atoms with Gasteiger partial charge in [0, 0.05) is 30.5 Å². The summed E-state index contributed by atoms with van der Waals surface area (Å²) in [5.41, 5.74) is 2.12. The lowest BCUT2D eigenvalue weighted by molar-refractivity contribution is 0.102. The number of nitrogens with zero attached hydrogens (tertiary/aromatic N) is 3. The average Bonchev–Trinajstić information content (AvgIpc) is 2.72. The Morgan fingerprint density at radius 3 is 2.61 bits per heavy atom. The van der Waals surface area contributed by atoms with E-state index in [1.54, 1.807) is 31.5 Å². The van der Waals surface area contributed by atoms with Crippen molar-refractivity contribution >= 4 is 17.5 Å². The van der Waals surface area contributed by atoms with Gasteiger partial charge in [-0.2, -0.15) is 0 Å². The van der Waals surface area contributed by atoms with Crippen molar-refractivity contribution in [2.75, 3.05) is 17.3 Å². The number of anilines is 2. The summed E-state index contributed by atoms with van der Waals surface area (Å²) in [6.45, 7) is 4.82. The lowest BCUT2D eigenvalue weighted by Crippen LogP contribution is -2.32. The molecule has 0 saturated heterocycles. The summed E-state index contributed by atoms with van der Waals surface area (Å²) in [7, 11) is 1.59. The van der Waals surface area contributed by atoms with Gasteiger partial charge in [-0.1, -0.05) is 36.4 Å². The van der Waals surface area contributed by atoms with Crippen LogP contribution >= 0.6 is 0 Å². The van der Waals surface area contributed by atoms with Crippen molar-refractivity contribution in [3.63, 3.8) is 0 Å². The van der Waals surface area contributed by atoms with Crippen LogP contribution in [0.25, 0.3) is 0 Å². The fraction of sp³-hybridized carbons (Fsp3) is 0.227. The highest BCUT2D eigenvalue weighted by Gasteiger charge is 2.17. The number of nitrogens with one attached hydrogen (secondary N) is 1. The molecule has 0 saturated carbocycles. The van der Waals surface area contributed by atoms with E-state index in [0.29, 0.717) is 29.6 Å². The Morgan fingerprint density at radius 2 is 1.89 bits per heavy atom. The van der Waals surface area contributed by atoms with Crippen LogP contribution in [-0.4, -0.2) is 29.0 Å². The number of hydrogen-bond donors (Lipinski definition) is 1. The van der Waals surface area contributed by atoms with Crippen molar-refractivity contribution in [3.8, 4) is 5.75 Å². The maximum atomic E-state index is 12.7. The van der Waals surface area contributed by atoms with Crippen LogP contribution in [0.5, 0.6) is 5.75 Å². The number of ether oxygens (including phenoxy) is 1. The number of carbonyl (C=O) groups is 1. The zero-order chi connectivity index (χ0) is 19.9. The predicted octanol–water partition coefficient (Wildman–Crippen LogP) is 4.15. The molecule has 0 unspecified atom stereocenters. The van der Waals surface area contributed by atoms with Gasteiger partial charge < -0.3 is 15.0 Å². The SMILES string of the molecule is COc1cccc(NC(=O)c2ccnc(N(Cc3ccccc3)C(C)C)n2)c1. The van der Waals surface area contributed by atoms with Crippen LogP contribution in [0.15, 0.2) is 66.9 Å². The molecule has 144 valence electrons. The fourth-order valence-corrected chi connectivity index (χ4v) is 2.77. The van der Waals surface area contributed by atoms with Gasteiger partial charge in [0.15, 0.2) is 0 Å². The molecule has 6 heteroatoms. The molecule has 1 heterocycles. The highest BCUT2D eigenvalue weighted by atomic mass is 16.5. The maximum Gasteiger partial charge on any atom is 0.274 e. The molecule has 28 heavy (non-hydrogen) atoms. The second-order valence-electron chi connectivity index (χ2n) is 6.64. The Balaban J connectivity index is 1.80. The van der Waals surface area contributed by atoms with Gasteiger partial charge in [0.2, 0.25) is 5.95 Å². The van der Waals surface area contributed by atoms with E-state index in [9.17, 15) is 4.79 Å². The molecule has 3 aromatic rings. The first-order chi connectivity index (χ1) is 13.6. The Labute approximate surface area is 165 Å². The average molecular weight is 376 g/mol. The van der Waals surface area contributed by atoms with Crippen LogP contribution in [0, 0.1) is 0 Å². The number of amides is 1. The first-order valence-electron chi connectivity index (χ1n) is 9.16. The molecule has 0 atom stereocenters. The van der Waals surface area contributed by atoms with Crippen LogP contribution < -0.4 is 15.0 Å². The van der Waals surface area contributed by atoms with E-state index in [1.807, 2.05) is 30.3 Å². The highest BCUT2D eigenvalue weighted by Crippen LogP contribution is 2.19. The summed E-state index contributed by atoms with van der Waals surface area (Å²) >= 11 is 0. The zero-order valence-electron chi connectivity index (χ0n) is 16.3. The van der Waals surface area contributed by atoms with Gasteiger partial charge >= 0.3 is 0 Å². The van der Waals surface area contributed by atoms with Gasteiger partial charge in [-0.05, 0) is 37.6 Å². The molecule has 3 rings (SSSR count). The molecule has 0 spiro atoms. The Hall–Kier alpha value is -3.41. The monoisotopic (exact) mass is 376 g/mol. The van der Waals surface area contributed by atoms with E-state index in [4.69, 9.17) is 4.74 Å². The number of benzene rings is 2. The third kappa shape index (κ3) is 4.85. The summed E-state index contributed by atoms with van der Waals surface area (Å²) in [5.74, 6) is 0.910. The zero-order valence-corrected chi connectivity index (χ0v) is 16.3. The summed E-state index contributed by atoms with van der Waals surface area (Å²) in [6, 6.07) is 19.1. The molecule has 6 nitrogen and oxygen atoms in total. The summed E-state index contributed by atoms with van der Waals surface area (Å²) in [5, 5.41) is 2.85. The van der Waals surface area contributed by atoms with Crippen molar-refractivity contribution in [2.24, 2.45) is 0 Å². The van der Waals surface area contributed by atoms with Crippen molar-refractivity contribution < 1.29 is 9.53 Å². The molecule has 2 aromatic carbocycles. The molecule has 0 bridgehead atoms. The van der Waals surface area contributed by atoms with Crippen LogP contribution in [0.3, 0.4) is 0 Å². The quantitative estimate of drug-likeness (QED) is 0.671. The van der Waals surface area contributed by atoms with Gasteiger partial charge in [0.05, 0.1) is 7.11 Å². The normalized spacial score (nSPS) is 10.6. The molecular weight excluding hydrogens is 352 g/mol.